The van der Waals surface area contributed by atoms with E-state index in [0.717, 1.165) is 56.1 Å². The van der Waals surface area contributed by atoms with Crippen molar-refractivity contribution >= 4 is 51.7 Å². The van der Waals surface area contributed by atoms with E-state index in [-0.39, 0.29) is 22.4 Å². The van der Waals surface area contributed by atoms with Crippen LogP contribution in [0.25, 0.3) is 21.9 Å². The van der Waals surface area contributed by atoms with Gasteiger partial charge in [0.2, 0.25) is 0 Å². The molecular formula is C47H30ClFO6. The molecule has 0 saturated carbocycles. The maximum Gasteiger partial charge on any atom is 0.346 e. The minimum atomic E-state index is -0.550. The fourth-order valence-electron chi connectivity index (χ4n) is 6.71. The van der Waals surface area contributed by atoms with Crippen LogP contribution in [0.1, 0.15) is 81.0 Å². The number of ether oxygens (including phenoxy) is 1. The van der Waals surface area contributed by atoms with Crippen LogP contribution < -0.4 is 0 Å². The zero-order valence-corrected chi connectivity index (χ0v) is 30.1. The lowest BCUT2D eigenvalue weighted by atomic mass is 9.83. The van der Waals surface area contributed by atoms with Crippen LogP contribution in [0.2, 0.25) is 5.02 Å². The van der Waals surface area contributed by atoms with Crippen LogP contribution >= 0.6 is 11.6 Å². The van der Waals surface area contributed by atoms with Crippen molar-refractivity contribution in [3.05, 3.63) is 213 Å². The van der Waals surface area contributed by atoms with Gasteiger partial charge in [-0.15, -0.1) is 0 Å². The van der Waals surface area contributed by atoms with E-state index in [0.29, 0.717) is 16.7 Å². The Morgan fingerprint density at radius 2 is 0.982 bits per heavy atom. The number of benzene rings is 7. The van der Waals surface area contributed by atoms with Crippen LogP contribution in [0.5, 0.6) is 0 Å². The maximum absolute atomic E-state index is 12.5. The van der Waals surface area contributed by atoms with Crippen molar-refractivity contribution in [2.24, 2.45) is 0 Å². The summed E-state index contributed by atoms with van der Waals surface area (Å²) < 4.78 is 16.9. The van der Waals surface area contributed by atoms with Gasteiger partial charge < -0.3 is 4.74 Å². The van der Waals surface area contributed by atoms with E-state index in [4.69, 9.17) is 11.6 Å². The molecule has 0 radical (unpaired) electrons. The van der Waals surface area contributed by atoms with Crippen molar-refractivity contribution in [1.29, 1.82) is 0 Å². The standard InChI is InChI=1S/C17H10O.C14H10O.C8H6ClFO.C8H4O3/c18-17-14-8-2-1-7-12(14)13-9-3-5-11-6-4-10-15(17)16(11)13;15-14-12-7-3-1-5-10(12)9-11-6-2-4-8-13(11)14;1-5(11)6-2-3-8(10)7(9)4-6;9-7-5-3-1-2-4-6(5)8(10)11-7/h1-10H;1-8H,9H2;2-4H,1H3;1-4H. The number of Topliss-reactive ketones (excluding diaryl/α,β-unsaturated/α-hetero) is 1. The zero-order chi connectivity index (χ0) is 38.6. The van der Waals surface area contributed by atoms with Gasteiger partial charge >= 0.3 is 11.9 Å². The third-order valence-corrected chi connectivity index (χ3v) is 9.68. The van der Waals surface area contributed by atoms with Crippen molar-refractivity contribution < 1.29 is 33.1 Å². The highest BCUT2D eigenvalue weighted by Gasteiger charge is 2.28. The van der Waals surface area contributed by atoms with E-state index in [1.54, 1.807) is 24.3 Å². The van der Waals surface area contributed by atoms with Crippen LogP contribution in [-0.4, -0.2) is 29.3 Å². The topological polar surface area (TPSA) is 94.6 Å². The van der Waals surface area contributed by atoms with Gasteiger partial charge in [0.25, 0.3) is 0 Å². The lowest BCUT2D eigenvalue weighted by Crippen LogP contribution is -2.14. The minimum absolute atomic E-state index is 0.0160. The first-order valence-corrected chi connectivity index (χ1v) is 17.7. The highest BCUT2D eigenvalue weighted by molar-refractivity contribution is 6.31. The summed E-state index contributed by atoms with van der Waals surface area (Å²) in [4.78, 5) is 57.0. The van der Waals surface area contributed by atoms with Gasteiger partial charge in [-0.05, 0) is 71.3 Å². The maximum atomic E-state index is 12.5. The van der Waals surface area contributed by atoms with Crippen LogP contribution in [0.15, 0.2) is 152 Å². The normalized spacial score (nSPS) is 12.6. The lowest BCUT2D eigenvalue weighted by Gasteiger charge is -2.19. The summed E-state index contributed by atoms with van der Waals surface area (Å²) in [6, 6.07) is 46.1. The number of hydrogen-bond donors (Lipinski definition) is 0. The molecule has 7 aromatic carbocycles. The van der Waals surface area contributed by atoms with E-state index in [9.17, 15) is 28.4 Å². The molecule has 0 spiro atoms. The average Bonchev–Trinajstić information content (AvgIpc) is 3.51. The highest BCUT2D eigenvalue weighted by Crippen LogP contribution is 2.39. The predicted octanol–water partition coefficient (Wildman–Crippen LogP) is 10.6. The second kappa shape index (κ2) is 15.6. The summed E-state index contributed by atoms with van der Waals surface area (Å²) in [7, 11) is 0. The molecule has 3 aliphatic rings. The summed E-state index contributed by atoms with van der Waals surface area (Å²) in [6.45, 7) is 1.41. The largest absolute Gasteiger partial charge is 0.386 e. The van der Waals surface area contributed by atoms with E-state index in [1.807, 2.05) is 91.0 Å². The molecule has 55 heavy (non-hydrogen) atoms. The van der Waals surface area contributed by atoms with Gasteiger partial charge in [-0.2, -0.15) is 0 Å². The number of hydrogen-bond acceptors (Lipinski definition) is 6. The van der Waals surface area contributed by atoms with Crippen LogP contribution in [0.4, 0.5) is 4.39 Å². The van der Waals surface area contributed by atoms with E-state index >= 15 is 0 Å². The number of carbonyl (C=O) groups excluding carboxylic acids is 5. The Morgan fingerprint density at radius 3 is 1.53 bits per heavy atom. The number of esters is 2. The Bertz CT molecular complexity index is 2610. The molecule has 10 rings (SSSR count). The summed E-state index contributed by atoms with van der Waals surface area (Å²) in [5.74, 6) is -1.43. The van der Waals surface area contributed by atoms with Crippen LogP contribution in [0, 0.1) is 5.82 Å². The summed E-state index contributed by atoms with van der Waals surface area (Å²) in [5.41, 5.74) is 8.98. The highest BCUT2D eigenvalue weighted by atomic mass is 35.5. The molecular weight excluding hydrogens is 715 g/mol. The number of carbonyl (C=O) groups is 5. The molecule has 1 heterocycles. The molecule has 6 nitrogen and oxygen atoms in total. The molecule has 8 heteroatoms. The molecule has 0 amide bonds. The van der Waals surface area contributed by atoms with Gasteiger partial charge in [0.1, 0.15) is 5.82 Å². The lowest BCUT2D eigenvalue weighted by molar-refractivity contribution is 0.0443. The van der Waals surface area contributed by atoms with Gasteiger partial charge in [0.15, 0.2) is 17.3 Å². The molecule has 268 valence electrons. The Morgan fingerprint density at radius 1 is 0.527 bits per heavy atom. The van der Waals surface area contributed by atoms with E-state index in [1.165, 1.54) is 30.7 Å². The third-order valence-electron chi connectivity index (χ3n) is 9.39. The quantitative estimate of drug-likeness (QED) is 0.0943. The Balaban J connectivity index is 0.000000116. The van der Waals surface area contributed by atoms with Gasteiger partial charge in [0.05, 0.1) is 16.1 Å². The Hall–Kier alpha value is -6.83. The first-order chi connectivity index (χ1) is 26.6. The summed E-state index contributed by atoms with van der Waals surface area (Å²) >= 11 is 5.43. The molecule has 7 aromatic rings. The van der Waals surface area contributed by atoms with Gasteiger partial charge in [-0.3, -0.25) is 14.4 Å². The number of cyclic esters (lactones) is 2. The summed E-state index contributed by atoms with van der Waals surface area (Å²) in [6.07, 6.45) is 0.873. The number of fused-ring (bicyclic) bond motifs is 5. The molecule has 0 unspecified atom stereocenters. The van der Waals surface area contributed by atoms with Crippen molar-refractivity contribution in [2.75, 3.05) is 0 Å². The van der Waals surface area contributed by atoms with Crippen molar-refractivity contribution in [3.8, 4) is 11.1 Å². The van der Waals surface area contributed by atoms with Gasteiger partial charge in [-0.25, -0.2) is 14.0 Å². The fraction of sp³-hybridized carbons (Fsp3) is 0.0426. The predicted molar refractivity (Wildman–Crippen MR) is 210 cm³/mol. The Kier molecular flexibility index (Phi) is 10.4. The first-order valence-electron chi connectivity index (χ1n) is 17.3. The molecule has 0 atom stereocenters. The smallest absolute Gasteiger partial charge is 0.346 e. The van der Waals surface area contributed by atoms with Crippen molar-refractivity contribution in [3.63, 3.8) is 0 Å². The zero-order valence-electron chi connectivity index (χ0n) is 29.3. The van der Waals surface area contributed by atoms with Crippen LogP contribution in [0.3, 0.4) is 0 Å². The monoisotopic (exact) mass is 744 g/mol. The van der Waals surface area contributed by atoms with Crippen LogP contribution in [-0.2, 0) is 11.2 Å². The first kappa shape index (κ1) is 36.5. The fourth-order valence-corrected chi connectivity index (χ4v) is 6.89. The van der Waals surface area contributed by atoms with Crippen molar-refractivity contribution in [2.45, 2.75) is 13.3 Å². The number of rotatable bonds is 1. The Labute approximate surface area is 320 Å². The van der Waals surface area contributed by atoms with Gasteiger partial charge in [-0.1, -0.05) is 133 Å². The SMILES string of the molecule is CC(=O)c1ccc(F)c(Cl)c1.O=C1OC(=O)c2ccccc21.O=C1c2ccccc2-c2cccc3cccc1c23.O=C1c2ccccc2Cc2ccccc21. The third kappa shape index (κ3) is 7.38. The second-order valence-electron chi connectivity index (χ2n) is 12.8. The minimum Gasteiger partial charge on any atom is -0.386 e. The number of halogens is 2. The average molecular weight is 745 g/mol. The van der Waals surface area contributed by atoms with Gasteiger partial charge in [0, 0.05) is 33.2 Å². The molecule has 0 N–H and O–H groups in total. The molecule has 0 saturated heterocycles. The molecule has 0 bridgehead atoms. The molecule has 2 aliphatic carbocycles. The number of ketones is 3. The molecule has 0 aromatic heterocycles. The molecule has 1 aliphatic heterocycles. The molecule has 0 fully saturated rings. The second-order valence-corrected chi connectivity index (χ2v) is 13.2. The van der Waals surface area contributed by atoms with E-state index < -0.39 is 17.8 Å². The van der Waals surface area contributed by atoms with Crippen molar-refractivity contribution in [1.82, 2.24) is 0 Å². The summed E-state index contributed by atoms with van der Waals surface area (Å²) in [5, 5.41) is 2.20. The van der Waals surface area contributed by atoms with E-state index in [2.05, 4.69) is 22.9 Å².